The van der Waals surface area contributed by atoms with Crippen molar-refractivity contribution in [1.29, 1.82) is 0 Å². The van der Waals surface area contributed by atoms with E-state index in [1.165, 1.54) is 0 Å². The number of hydrogen-bond donors (Lipinski definition) is 0. The third-order valence-corrected chi connectivity index (χ3v) is 2.39. The van der Waals surface area contributed by atoms with Crippen LogP contribution < -0.4 is 0 Å². The van der Waals surface area contributed by atoms with E-state index in [0.29, 0.717) is 0 Å². The zero-order valence-corrected chi connectivity index (χ0v) is 9.65. The van der Waals surface area contributed by atoms with Crippen molar-refractivity contribution < 1.29 is 18.3 Å². The molecule has 88 valence electrons. The number of carbonyl (C=O) groups is 1. The summed E-state index contributed by atoms with van der Waals surface area (Å²) in [4.78, 5) is 14.9. The maximum Gasteiger partial charge on any atom is 0.338 e. The van der Waals surface area contributed by atoms with E-state index < -0.39 is 23.1 Å². The average Bonchev–Trinajstić information content (AvgIpc) is 2.26. The highest BCUT2D eigenvalue weighted by Crippen LogP contribution is 2.30. The van der Waals surface area contributed by atoms with Crippen molar-refractivity contribution in [1.82, 2.24) is 4.98 Å². The third-order valence-electron chi connectivity index (χ3n) is 1.83. The second kappa shape index (κ2) is 5.41. The highest BCUT2D eigenvalue weighted by molar-refractivity contribution is 6.30. The van der Waals surface area contributed by atoms with Gasteiger partial charge in [0.15, 0.2) is 0 Å². The number of ether oxygens (including phenoxy) is 1. The van der Waals surface area contributed by atoms with Crippen LogP contribution in [0.1, 0.15) is 28.0 Å². The second-order valence-corrected chi connectivity index (χ2v) is 3.42. The molecule has 0 saturated heterocycles. The number of nitrogens with zero attached hydrogens (tertiary/aromatic N) is 1. The Morgan fingerprint density at radius 3 is 2.69 bits per heavy atom. The second-order valence-electron chi connectivity index (χ2n) is 2.79. The van der Waals surface area contributed by atoms with Gasteiger partial charge in [-0.15, -0.1) is 11.6 Å². The van der Waals surface area contributed by atoms with Gasteiger partial charge in [0.05, 0.1) is 29.8 Å². The number of halogens is 4. The van der Waals surface area contributed by atoms with E-state index in [0.717, 1.165) is 13.2 Å². The standard InChI is InChI=1S/C9H7Cl2F2NO2/c1-16-9(15)5-2-4(3-10)14-7(11)6(5)8(12)13/h2,8H,3H2,1H3. The number of pyridine rings is 1. The molecule has 0 atom stereocenters. The smallest absolute Gasteiger partial charge is 0.338 e. The van der Waals surface area contributed by atoms with Crippen LogP contribution in [0.25, 0.3) is 0 Å². The lowest BCUT2D eigenvalue weighted by molar-refractivity contribution is 0.0589. The maximum atomic E-state index is 12.7. The first kappa shape index (κ1) is 13.1. The highest BCUT2D eigenvalue weighted by atomic mass is 35.5. The van der Waals surface area contributed by atoms with Crippen molar-refractivity contribution in [3.05, 3.63) is 28.0 Å². The Morgan fingerprint density at radius 1 is 1.62 bits per heavy atom. The predicted octanol–water partition coefficient (Wildman–Crippen LogP) is 3.20. The molecule has 0 aliphatic rings. The molecule has 0 amide bonds. The molecule has 3 nitrogen and oxygen atoms in total. The molecule has 0 aliphatic carbocycles. The van der Waals surface area contributed by atoms with Gasteiger partial charge in [-0.3, -0.25) is 0 Å². The number of aromatic nitrogens is 1. The lowest BCUT2D eigenvalue weighted by Crippen LogP contribution is -2.09. The Hall–Kier alpha value is -0.940. The summed E-state index contributed by atoms with van der Waals surface area (Å²) < 4.78 is 29.7. The summed E-state index contributed by atoms with van der Waals surface area (Å²) in [6.07, 6.45) is -2.90. The predicted molar refractivity (Wildman–Crippen MR) is 55.1 cm³/mol. The van der Waals surface area contributed by atoms with Gasteiger partial charge in [0.25, 0.3) is 6.43 Å². The van der Waals surface area contributed by atoms with Crippen molar-refractivity contribution in [3.8, 4) is 0 Å². The van der Waals surface area contributed by atoms with E-state index in [-0.39, 0.29) is 17.1 Å². The molecule has 0 radical (unpaired) electrons. The Bertz CT molecular complexity index is 413. The minimum atomic E-state index is -2.90. The van der Waals surface area contributed by atoms with Crippen LogP contribution in [0, 0.1) is 0 Å². The monoisotopic (exact) mass is 269 g/mol. The van der Waals surface area contributed by atoms with Gasteiger partial charge >= 0.3 is 5.97 Å². The Labute approximate surface area is 100 Å². The molecule has 1 aromatic rings. The molecule has 0 aromatic carbocycles. The van der Waals surface area contributed by atoms with Crippen LogP contribution in [0.5, 0.6) is 0 Å². The van der Waals surface area contributed by atoms with Gasteiger partial charge in [-0.2, -0.15) is 0 Å². The maximum absolute atomic E-state index is 12.7. The summed E-state index contributed by atoms with van der Waals surface area (Å²) in [5.74, 6) is -0.932. The van der Waals surface area contributed by atoms with Gasteiger partial charge in [0.1, 0.15) is 5.15 Å². The zero-order valence-electron chi connectivity index (χ0n) is 8.14. The number of alkyl halides is 3. The quantitative estimate of drug-likeness (QED) is 0.481. The molecule has 0 aliphatic heterocycles. The van der Waals surface area contributed by atoms with Crippen molar-refractivity contribution in [2.24, 2.45) is 0 Å². The third kappa shape index (κ3) is 2.59. The molecule has 0 N–H and O–H groups in total. The molecule has 1 rings (SSSR count). The molecule has 0 unspecified atom stereocenters. The van der Waals surface area contributed by atoms with Gasteiger partial charge in [-0.25, -0.2) is 18.6 Å². The lowest BCUT2D eigenvalue weighted by Gasteiger charge is -2.09. The Balaban J connectivity index is 3.40. The Kier molecular flexibility index (Phi) is 4.44. The summed E-state index contributed by atoms with van der Waals surface area (Å²) >= 11 is 11.0. The first-order valence-electron chi connectivity index (χ1n) is 4.13. The van der Waals surface area contributed by atoms with Crippen molar-refractivity contribution in [2.75, 3.05) is 7.11 Å². The lowest BCUT2D eigenvalue weighted by atomic mass is 10.1. The summed E-state index contributed by atoms with van der Waals surface area (Å²) in [7, 11) is 1.09. The summed E-state index contributed by atoms with van der Waals surface area (Å²) in [6, 6.07) is 1.15. The zero-order chi connectivity index (χ0) is 12.3. The molecule has 0 spiro atoms. The van der Waals surface area contributed by atoms with Crippen LogP contribution in [-0.2, 0) is 10.6 Å². The van der Waals surface area contributed by atoms with Crippen molar-refractivity contribution >= 4 is 29.2 Å². The van der Waals surface area contributed by atoms with E-state index >= 15 is 0 Å². The molecule has 0 bridgehead atoms. The van der Waals surface area contributed by atoms with Crippen LogP contribution in [0.2, 0.25) is 5.15 Å². The van der Waals surface area contributed by atoms with E-state index in [9.17, 15) is 13.6 Å². The number of esters is 1. The number of carbonyl (C=O) groups excluding carboxylic acids is 1. The fraction of sp³-hybridized carbons (Fsp3) is 0.333. The fourth-order valence-electron chi connectivity index (χ4n) is 1.13. The SMILES string of the molecule is COC(=O)c1cc(CCl)nc(Cl)c1C(F)F. The minimum Gasteiger partial charge on any atom is -0.465 e. The van der Waals surface area contributed by atoms with E-state index in [1.807, 2.05) is 0 Å². The van der Waals surface area contributed by atoms with Crippen LogP contribution >= 0.6 is 23.2 Å². The summed E-state index contributed by atoms with van der Waals surface area (Å²) in [6.45, 7) is 0. The first-order valence-corrected chi connectivity index (χ1v) is 5.04. The van der Waals surface area contributed by atoms with Crippen molar-refractivity contribution in [3.63, 3.8) is 0 Å². The minimum absolute atomic E-state index is 0.0345. The highest BCUT2D eigenvalue weighted by Gasteiger charge is 2.24. The van der Waals surface area contributed by atoms with Crippen LogP contribution in [0.3, 0.4) is 0 Å². The van der Waals surface area contributed by atoms with Gasteiger partial charge in [0.2, 0.25) is 0 Å². The summed E-state index contributed by atoms with van der Waals surface area (Å²) in [5.41, 5.74) is -0.716. The molecular weight excluding hydrogens is 263 g/mol. The van der Waals surface area contributed by atoms with E-state index in [2.05, 4.69) is 9.72 Å². The molecular formula is C9H7Cl2F2NO2. The van der Waals surface area contributed by atoms with E-state index in [4.69, 9.17) is 23.2 Å². The summed E-state index contributed by atoms with van der Waals surface area (Å²) in [5, 5.41) is -0.437. The largest absolute Gasteiger partial charge is 0.465 e. The molecule has 1 aromatic heterocycles. The average molecular weight is 270 g/mol. The molecule has 1 heterocycles. The molecule has 0 saturated carbocycles. The molecule has 0 fully saturated rings. The topological polar surface area (TPSA) is 39.2 Å². The first-order chi connectivity index (χ1) is 7.51. The van der Waals surface area contributed by atoms with Crippen LogP contribution in [0.4, 0.5) is 8.78 Å². The number of methoxy groups -OCH3 is 1. The number of rotatable bonds is 3. The van der Waals surface area contributed by atoms with Gasteiger partial charge < -0.3 is 4.74 Å². The molecule has 7 heteroatoms. The van der Waals surface area contributed by atoms with Gasteiger partial charge in [-0.05, 0) is 6.07 Å². The molecule has 16 heavy (non-hydrogen) atoms. The Morgan fingerprint density at radius 2 is 2.25 bits per heavy atom. The fourth-order valence-corrected chi connectivity index (χ4v) is 1.56. The van der Waals surface area contributed by atoms with E-state index in [1.54, 1.807) is 0 Å². The van der Waals surface area contributed by atoms with Gasteiger partial charge in [0, 0.05) is 0 Å². The van der Waals surface area contributed by atoms with Gasteiger partial charge in [-0.1, -0.05) is 11.6 Å². The van der Waals surface area contributed by atoms with Crippen molar-refractivity contribution in [2.45, 2.75) is 12.3 Å². The van der Waals surface area contributed by atoms with Crippen LogP contribution in [-0.4, -0.2) is 18.1 Å². The number of hydrogen-bond acceptors (Lipinski definition) is 3. The van der Waals surface area contributed by atoms with Crippen LogP contribution in [0.15, 0.2) is 6.07 Å². The normalized spacial score (nSPS) is 10.6.